The topological polar surface area (TPSA) is 55.1 Å². The number of aryl methyl sites for hydroxylation is 1. The van der Waals surface area contributed by atoms with Crippen molar-refractivity contribution in [1.82, 2.24) is 0 Å². The van der Waals surface area contributed by atoms with Crippen LogP contribution in [0.15, 0.2) is 36.4 Å². The number of nitrogen functional groups attached to an aromatic ring is 1. The third kappa shape index (κ3) is 4.34. The predicted molar refractivity (Wildman–Crippen MR) is 84.2 cm³/mol. The largest absolute Gasteiger partial charge is 0.399 e. The van der Waals surface area contributed by atoms with E-state index in [9.17, 15) is 9.18 Å². The van der Waals surface area contributed by atoms with E-state index in [-0.39, 0.29) is 28.1 Å². The van der Waals surface area contributed by atoms with E-state index in [4.69, 9.17) is 28.9 Å². The van der Waals surface area contributed by atoms with Crippen LogP contribution in [0.25, 0.3) is 0 Å². The molecule has 0 aromatic heterocycles. The lowest BCUT2D eigenvalue weighted by Crippen LogP contribution is -2.13. The quantitative estimate of drug-likeness (QED) is 0.823. The number of hydrogen-bond donors (Lipinski definition) is 2. The van der Waals surface area contributed by atoms with Crippen molar-refractivity contribution in [1.29, 1.82) is 0 Å². The fourth-order valence-corrected chi connectivity index (χ4v) is 2.42. The summed E-state index contributed by atoms with van der Waals surface area (Å²) in [5.41, 5.74) is 7.50. The minimum atomic E-state index is -0.553. The van der Waals surface area contributed by atoms with Crippen molar-refractivity contribution in [2.75, 3.05) is 11.1 Å². The Balaban J connectivity index is 1.99. The molecule has 0 aliphatic heterocycles. The summed E-state index contributed by atoms with van der Waals surface area (Å²) in [6.07, 6.45) is 0.779. The standard InChI is InChI=1S/C15H13Cl2FN2O/c16-12-7-10(18)8-13(17)15(12)20-14(21)5-4-9-2-1-3-11(19)6-9/h1-3,6-8H,4-5,19H2,(H,20,21). The zero-order valence-corrected chi connectivity index (χ0v) is 12.5. The summed E-state index contributed by atoms with van der Waals surface area (Å²) in [6.45, 7) is 0. The normalized spacial score (nSPS) is 10.4. The molecule has 21 heavy (non-hydrogen) atoms. The molecule has 2 aromatic rings. The van der Waals surface area contributed by atoms with Crippen molar-refractivity contribution in [2.45, 2.75) is 12.8 Å². The molecule has 6 heteroatoms. The van der Waals surface area contributed by atoms with Gasteiger partial charge in [-0.15, -0.1) is 0 Å². The lowest BCUT2D eigenvalue weighted by atomic mass is 10.1. The van der Waals surface area contributed by atoms with Crippen molar-refractivity contribution < 1.29 is 9.18 Å². The number of rotatable bonds is 4. The van der Waals surface area contributed by atoms with Crippen LogP contribution in [-0.4, -0.2) is 5.91 Å². The lowest BCUT2D eigenvalue weighted by molar-refractivity contribution is -0.116. The molecular formula is C15H13Cl2FN2O. The second-order valence-electron chi connectivity index (χ2n) is 4.54. The van der Waals surface area contributed by atoms with Gasteiger partial charge in [0.05, 0.1) is 15.7 Å². The Labute approximate surface area is 131 Å². The number of nitrogens with two attached hydrogens (primary N) is 1. The number of anilines is 2. The van der Waals surface area contributed by atoms with Crippen LogP contribution in [-0.2, 0) is 11.2 Å². The van der Waals surface area contributed by atoms with Crippen LogP contribution in [0.2, 0.25) is 10.0 Å². The summed E-state index contributed by atoms with van der Waals surface area (Å²) < 4.78 is 13.1. The van der Waals surface area contributed by atoms with E-state index >= 15 is 0 Å². The lowest BCUT2D eigenvalue weighted by Gasteiger charge is -2.09. The van der Waals surface area contributed by atoms with E-state index in [1.807, 2.05) is 18.2 Å². The number of carbonyl (C=O) groups excluding carboxylic acids is 1. The molecular weight excluding hydrogens is 314 g/mol. The number of nitrogens with one attached hydrogen (secondary N) is 1. The van der Waals surface area contributed by atoms with Crippen molar-refractivity contribution in [3.05, 3.63) is 57.8 Å². The molecule has 0 aliphatic rings. The molecule has 110 valence electrons. The predicted octanol–water partition coefficient (Wildman–Crippen LogP) is 4.29. The highest BCUT2D eigenvalue weighted by Gasteiger charge is 2.11. The molecule has 0 fully saturated rings. The summed E-state index contributed by atoms with van der Waals surface area (Å²) in [5, 5.41) is 2.72. The fourth-order valence-electron chi connectivity index (χ4n) is 1.87. The maximum atomic E-state index is 13.1. The Bertz CT molecular complexity index is 653. The van der Waals surface area contributed by atoms with E-state index in [0.29, 0.717) is 12.1 Å². The molecule has 0 radical (unpaired) electrons. The maximum Gasteiger partial charge on any atom is 0.224 e. The monoisotopic (exact) mass is 326 g/mol. The van der Waals surface area contributed by atoms with E-state index in [2.05, 4.69) is 5.32 Å². The number of halogens is 3. The van der Waals surface area contributed by atoms with Crippen molar-refractivity contribution >= 4 is 40.5 Å². The van der Waals surface area contributed by atoms with Crippen LogP contribution in [0.4, 0.5) is 15.8 Å². The van der Waals surface area contributed by atoms with Gasteiger partial charge in [-0.2, -0.15) is 0 Å². The summed E-state index contributed by atoms with van der Waals surface area (Å²) >= 11 is 11.7. The Morgan fingerprint density at radius 1 is 1.19 bits per heavy atom. The summed E-state index contributed by atoms with van der Waals surface area (Å²) in [5.74, 6) is -0.810. The second kappa shape index (κ2) is 6.78. The van der Waals surface area contributed by atoms with Gasteiger partial charge < -0.3 is 11.1 Å². The van der Waals surface area contributed by atoms with Gasteiger partial charge >= 0.3 is 0 Å². The van der Waals surface area contributed by atoms with Crippen molar-refractivity contribution in [3.8, 4) is 0 Å². The van der Waals surface area contributed by atoms with E-state index in [0.717, 1.165) is 17.7 Å². The van der Waals surface area contributed by atoms with Crippen LogP contribution in [0.1, 0.15) is 12.0 Å². The van der Waals surface area contributed by atoms with Gasteiger partial charge in [0.1, 0.15) is 5.82 Å². The molecule has 0 unspecified atom stereocenters. The highest BCUT2D eigenvalue weighted by atomic mass is 35.5. The first-order valence-electron chi connectivity index (χ1n) is 6.24. The molecule has 3 nitrogen and oxygen atoms in total. The minimum absolute atomic E-state index is 0.0669. The molecule has 0 bridgehead atoms. The molecule has 0 saturated heterocycles. The molecule has 3 N–H and O–H groups in total. The average Bonchev–Trinajstić information content (AvgIpc) is 2.40. The first-order valence-corrected chi connectivity index (χ1v) is 7.00. The van der Waals surface area contributed by atoms with E-state index in [1.54, 1.807) is 6.07 Å². The molecule has 0 saturated carbocycles. The smallest absolute Gasteiger partial charge is 0.224 e. The fraction of sp³-hybridized carbons (Fsp3) is 0.133. The van der Waals surface area contributed by atoms with Crippen LogP contribution in [0.3, 0.4) is 0 Å². The molecule has 2 rings (SSSR count). The van der Waals surface area contributed by atoms with Gasteiger partial charge in [0.15, 0.2) is 0 Å². The van der Waals surface area contributed by atoms with Crippen LogP contribution >= 0.6 is 23.2 Å². The summed E-state index contributed by atoms with van der Waals surface area (Å²) in [6, 6.07) is 9.51. The number of carbonyl (C=O) groups is 1. The van der Waals surface area contributed by atoms with E-state index < -0.39 is 5.82 Å². The van der Waals surface area contributed by atoms with E-state index in [1.165, 1.54) is 0 Å². The highest BCUT2D eigenvalue weighted by Crippen LogP contribution is 2.31. The van der Waals surface area contributed by atoms with Crippen molar-refractivity contribution in [2.24, 2.45) is 0 Å². The average molecular weight is 327 g/mol. The molecule has 0 aliphatic carbocycles. The Hall–Kier alpha value is -1.78. The zero-order valence-electron chi connectivity index (χ0n) is 11.0. The first-order chi connectivity index (χ1) is 9.95. The maximum absolute atomic E-state index is 13.1. The van der Waals surface area contributed by atoms with Crippen molar-refractivity contribution in [3.63, 3.8) is 0 Å². The Kier molecular flexibility index (Phi) is 5.04. The number of amides is 1. The third-order valence-electron chi connectivity index (χ3n) is 2.86. The summed E-state index contributed by atoms with van der Waals surface area (Å²) in [4.78, 5) is 11.9. The van der Waals surface area contributed by atoms with Crippen LogP contribution in [0.5, 0.6) is 0 Å². The molecule has 0 spiro atoms. The highest BCUT2D eigenvalue weighted by molar-refractivity contribution is 6.39. The Morgan fingerprint density at radius 2 is 1.86 bits per heavy atom. The number of hydrogen-bond acceptors (Lipinski definition) is 2. The van der Waals surface area contributed by atoms with Gasteiger partial charge in [0.2, 0.25) is 5.91 Å². The zero-order chi connectivity index (χ0) is 15.4. The minimum Gasteiger partial charge on any atom is -0.399 e. The van der Waals surface area contributed by atoms with Gasteiger partial charge in [-0.1, -0.05) is 35.3 Å². The molecule has 1 amide bonds. The van der Waals surface area contributed by atoms with Gasteiger partial charge in [0.25, 0.3) is 0 Å². The first kappa shape index (κ1) is 15.6. The van der Waals surface area contributed by atoms with Gasteiger partial charge in [-0.3, -0.25) is 4.79 Å². The second-order valence-corrected chi connectivity index (χ2v) is 5.35. The Morgan fingerprint density at radius 3 is 2.48 bits per heavy atom. The molecule has 2 aromatic carbocycles. The van der Waals surface area contributed by atoms with Crippen LogP contribution < -0.4 is 11.1 Å². The number of benzene rings is 2. The van der Waals surface area contributed by atoms with Gasteiger partial charge in [-0.05, 0) is 36.2 Å². The molecule has 0 heterocycles. The van der Waals surface area contributed by atoms with Gasteiger partial charge in [0, 0.05) is 12.1 Å². The summed E-state index contributed by atoms with van der Waals surface area (Å²) in [7, 11) is 0. The van der Waals surface area contributed by atoms with Gasteiger partial charge in [-0.25, -0.2) is 4.39 Å². The SMILES string of the molecule is Nc1cccc(CCC(=O)Nc2c(Cl)cc(F)cc2Cl)c1. The van der Waals surface area contributed by atoms with Crippen LogP contribution in [0, 0.1) is 5.82 Å². The third-order valence-corrected chi connectivity index (χ3v) is 3.46. The molecule has 0 atom stereocenters.